The summed E-state index contributed by atoms with van der Waals surface area (Å²) in [7, 11) is 0. The van der Waals surface area contributed by atoms with E-state index in [2.05, 4.69) is 37.3 Å². The third kappa shape index (κ3) is 5.68. The standard InChI is InChI=1S/C25H26ClF/c1-2-3-4-5-21-12-17-24(25(27)18-21)22-13-8-19(9-14-22)6-7-20-10-15-23(26)16-11-20/h8-18H,2-7H2,1H3. The topological polar surface area (TPSA) is 0 Å². The summed E-state index contributed by atoms with van der Waals surface area (Å²) >= 11 is 5.93. The Bertz CT molecular complexity index is 850. The molecule has 0 aliphatic heterocycles. The van der Waals surface area contributed by atoms with E-state index in [1.54, 1.807) is 6.07 Å². The monoisotopic (exact) mass is 380 g/mol. The Hall–Kier alpha value is -2.12. The van der Waals surface area contributed by atoms with Gasteiger partial charge < -0.3 is 0 Å². The molecule has 0 nitrogen and oxygen atoms in total. The van der Waals surface area contributed by atoms with Gasteiger partial charge in [-0.3, -0.25) is 0 Å². The molecule has 0 saturated carbocycles. The molecule has 3 aromatic rings. The smallest absolute Gasteiger partial charge is 0.131 e. The van der Waals surface area contributed by atoms with Gasteiger partial charge in [-0.1, -0.05) is 79.9 Å². The maximum atomic E-state index is 14.5. The van der Waals surface area contributed by atoms with Crippen LogP contribution in [0.15, 0.2) is 66.7 Å². The Morgan fingerprint density at radius 1 is 0.704 bits per heavy atom. The summed E-state index contributed by atoms with van der Waals surface area (Å²) in [5.41, 5.74) is 5.23. The molecule has 0 radical (unpaired) electrons. The Labute approximate surface area is 167 Å². The van der Waals surface area contributed by atoms with Crippen molar-refractivity contribution in [3.8, 4) is 11.1 Å². The summed E-state index contributed by atoms with van der Waals surface area (Å²) in [4.78, 5) is 0. The average Bonchev–Trinajstić information content (AvgIpc) is 2.68. The molecule has 140 valence electrons. The van der Waals surface area contributed by atoms with Crippen molar-refractivity contribution in [3.05, 3.63) is 94.3 Å². The van der Waals surface area contributed by atoms with Crippen LogP contribution in [-0.4, -0.2) is 0 Å². The van der Waals surface area contributed by atoms with Crippen LogP contribution in [0.1, 0.15) is 42.9 Å². The zero-order valence-corrected chi connectivity index (χ0v) is 16.6. The number of unbranched alkanes of at least 4 members (excludes halogenated alkanes) is 2. The second kappa shape index (κ2) is 9.71. The molecule has 0 N–H and O–H groups in total. The molecule has 0 saturated heterocycles. The third-order valence-corrected chi connectivity index (χ3v) is 5.24. The summed E-state index contributed by atoms with van der Waals surface area (Å²) in [5, 5.41) is 0.765. The zero-order chi connectivity index (χ0) is 19.1. The van der Waals surface area contributed by atoms with Crippen LogP contribution in [-0.2, 0) is 19.3 Å². The van der Waals surface area contributed by atoms with Crippen LogP contribution in [0, 0.1) is 5.82 Å². The molecule has 0 bridgehead atoms. The molecule has 0 amide bonds. The second-order valence-electron chi connectivity index (χ2n) is 7.09. The minimum absolute atomic E-state index is 0.127. The minimum Gasteiger partial charge on any atom is -0.206 e. The maximum Gasteiger partial charge on any atom is 0.131 e. The lowest BCUT2D eigenvalue weighted by atomic mass is 9.98. The highest BCUT2D eigenvalue weighted by molar-refractivity contribution is 6.30. The zero-order valence-electron chi connectivity index (χ0n) is 15.8. The second-order valence-corrected chi connectivity index (χ2v) is 7.53. The number of rotatable bonds is 8. The van der Waals surface area contributed by atoms with E-state index < -0.39 is 0 Å². The largest absolute Gasteiger partial charge is 0.206 e. The minimum atomic E-state index is -0.127. The summed E-state index contributed by atoms with van der Waals surface area (Å²) in [6.07, 6.45) is 6.39. The number of benzene rings is 3. The molecule has 0 heterocycles. The van der Waals surface area contributed by atoms with Crippen molar-refractivity contribution in [2.75, 3.05) is 0 Å². The lowest BCUT2D eigenvalue weighted by Crippen LogP contribution is -1.93. The van der Waals surface area contributed by atoms with E-state index in [9.17, 15) is 4.39 Å². The van der Waals surface area contributed by atoms with E-state index in [-0.39, 0.29) is 5.82 Å². The van der Waals surface area contributed by atoms with E-state index in [1.807, 2.05) is 30.3 Å². The van der Waals surface area contributed by atoms with Gasteiger partial charge in [0.05, 0.1) is 0 Å². The molecule has 27 heavy (non-hydrogen) atoms. The molecule has 3 aromatic carbocycles. The van der Waals surface area contributed by atoms with Gasteiger partial charge in [-0.25, -0.2) is 4.39 Å². The van der Waals surface area contributed by atoms with Crippen molar-refractivity contribution in [1.82, 2.24) is 0 Å². The van der Waals surface area contributed by atoms with Crippen LogP contribution >= 0.6 is 11.6 Å². The highest BCUT2D eigenvalue weighted by Crippen LogP contribution is 2.25. The Kier molecular flexibility index (Phi) is 7.06. The van der Waals surface area contributed by atoms with Crippen molar-refractivity contribution in [2.45, 2.75) is 45.4 Å². The first-order valence-electron chi connectivity index (χ1n) is 9.78. The van der Waals surface area contributed by atoms with Gasteiger partial charge >= 0.3 is 0 Å². The van der Waals surface area contributed by atoms with Crippen LogP contribution in [0.2, 0.25) is 5.02 Å². The van der Waals surface area contributed by atoms with Gasteiger partial charge in [0, 0.05) is 10.6 Å². The number of hydrogen-bond acceptors (Lipinski definition) is 0. The molecule has 0 fully saturated rings. The fourth-order valence-electron chi connectivity index (χ4n) is 3.32. The molecule has 0 aliphatic rings. The normalized spacial score (nSPS) is 10.9. The fourth-order valence-corrected chi connectivity index (χ4v) is 3.44. The van der Waals surface area contributed by atoms with Crippen LogP contribution in [0.4, 0.5) is 4.39 Å². The Morgan fingerprint density at radius 3 is 1.89 bits per heavy atom. The lowest BCUT2D eigenvalue weighted by Gasteiger charge is -2.08. The van der Waals surface area contributed by atoms with Gasteiger partial charge in [0.25, 0.3) is 0 Å². The van der Waals surface area contributed by atoms with E-state index in [0.29, 0.717) is 5.56 Å². The summed E-state index contributed by atoms with van der Waals surface area (Å²) in [6, 6.07) is 21.9. The van der Waals surface area contributed by atoms with Crippen molar-refractivity contribution in [1.29, 1.82) is 0 Å². The molecule has 0 atom stereocenters. The third-order valence-electron chi connectivity index (χ3n) is 4.98. The van der Waals surface area contributed by atoms with Crippen molar-refractivity contribution >= 4 is 11.6 Å². The predicted molar refractivity (Wildman–Crippen MR) is 114 cm³/mol. The van der Waals surface area contributed by atoms with Crippen molar-refractivity contribution < 1.29 is 4.39 Å². The quantitative estimate of drug-likeness (QED) is 0.352. The Morgan fingerprint density at radius 2 is 1.30 bits per heavy atom. The van der Waals surface area contributed by atoms with Crippen LogP contribution in [0.3, 0.4) is 0 Å². The molecule has 2 heteroatoms. The van der Waals surface area contributed by atoms with Crippen LogP contribution in [0.5, 0.6) is 0 Å². The SMILES string of the molecule is CCCCCc1ccc(-c2ccc(CCc3ccc(Cl)cc3)cc2)c(F)c1. The van der Waals surface area contributed by atoms with Gasteiger partial charge in [-0.2, -0.15) is 0 Å². The maximum absolute atomic E-state index is 14.5. The summed E-state index contributed by atoms with van der Waals surface area (Å²) in [5.74, 6) is -0.127. The molecule has 0 aromatic heterocycles. The molecular formula is C25H26ClF. The molecule has 3 rings (SSSR count). The number of hydrogen-bond donors (Lipinski definition) is 0. The average molecular weight is 381 g/mol. The summed E-state index contributed by atoms with van der Waals surface area (Å²) in [6.45, 7) is 2.18. The van der Waals surface area contributed by atoms with Crippen LogP contribution in [0.25, 0.3) is 11.1 Å². The molecule has 0 aliphatic carbocycles. The highest BCUT2D eigenvalue weighted by Gasteiger charge is 2.07. The molecular weight excluding hydrogens is 355 g/mol. The predicted octanol–water partition coefficient (Wildman–Crippen LogP) is 7.66. The fraction of sp³-hybridized carbons (Fsp3) is 0.280. The van der Waals surface area contributed by atoms with Crippen LogP contribution < -0.4 is 0 Å². The van der Waals surface area contributed by atoms with Gasteiger partial charge in [0.2, 0.25) is 0 Å². The first kappa shape index (κ1) is 19.6. The first-order chi connectivity index (χ1) is 13.2. The molecule has 0 unspecified atom stereocenters. The van der Waals surface area contributed by atoms with E-state index in [1.165, 1.54) is 24.0 Å². The lowest BCUT2D eigenvalue weighted by molar-refractivity contribution is 0.626. The van der Waals surface area contributed by atoms with Gasteiger partial charge in [0.1, 0.15) is 5.82 Å². The van der Waals surface area contributed by atoms with Crippen molar-refractivity contribution in [2.24, 2.45) is 0 Å². The molecule has 0 spiro atoms. The summed E-state index contributed by atoms with van der Waals surface area (Å²) < 4.78 is 14.5. The van der Waals surface area contributed by atoms with Gasteiger partial charge in [0.15, 0.2) is 0 Å². The van der Waals surface area contributed by atoms with Gasteiger partial charge in [-0.05, 0) is 66.1 Å². The number of aryl methyl sites for hydroxylation is 3. The van der Waals surface area contributed by atoms with E-state index in [4.69, 9.17) is 11.6 Å². The number of halogens is 2. The van der Waals surface area contributed by atoms with Gasteiger partial charge in [-0.15, -0.1) is 0 Å². The van der Waals surface area contributed by atoms with Crippen molar-refractivity contribution in [3.63, 3.8) is 0 Å². The highest BCUT2D eigenvalue weighted by atomic mass is 35.5. The van der Waals surface area contributed by atoms with E-state index >= 15 is 0 Å². The Balaban J connectivity index is 1.63. The first-order valence-corrected chi connectivity index (χ1v) is 10.2. The van der Waals surface area contributed by atoms with E-state index in [0.717, 1.165) is 41.8 Å².